The van der Waals surface area contributed by atoms with Crippen LogP contribution in [0.2, 0.25) is 0 Å². The predicted molar refractivity (Wildman–Crippen MR) is 134 cm³/mol. The minimum absolute atomic E-state index is 0.0723. The van der Waals surface area contributed by atoms with Gasteiger partial charge < -0.3 is 10.6 Å². The molecule has 2 aromatic carbocycles. The van der Waals surface area contributed by atoms with Crippen LogP contribution in [0.1, 0.15) is 29.2 Å². The number of hydrogen-bond acceptors (Lipinski definition) is 7. The molecule has 1 aliphatic rings. The fraction of sp³-hybridized carbons (Fsp3) is 0.160. The van der Waals surface area contributed by atoms with Gasteiger partial charge in [0.15, 0.2) is 5.65 Å². The van der Waals surface area contributed by atoms with Crippen molar-refractivity contribution in [2.75, 3.05) is 10.6 Å². The first-order valence-electron chi connectivity index (χ1n) is 11.3. The second-order valence-corrected chi connectivity index (χ2v) is 10.4. The molecule has 10 heteroatoms. The second kappa shape index (κ2) is 8.24. The maximum absolute atomic E-state index is 13.5. The first-order valence-corrected chi connectivity index (χ1v) is 12.7. The van der Waals surface area contributed by atoms with Crippen LogP contribution in [-0.2, 0) is 16.4 Å². The molecular weight excluding hydrogens is 462 g/mol. The fourth-order valence-electron chi connectivity index (χ4n) is 4.50. The zero-order valence-electron chi connectivity index (χ0n) is 18.9. The normalized spacial score (nSPS) is 15.3. The van der Waals surface area contributed by atoms with Crippen molar-refractivity contribution in [1.82, 2.24) is 24.1 Å². The van der Waals surface area contributed by atoms with Crippen LogP contribution < -0.4 is 10.6 Å². The molecule has 176 valence electrons. The second-order valence-electron chi connectivity index (χ2n) is 8.61. The Morgan fingerprint density at radius 3 is 2.69 bits per heavy atom. The van der Waals surface area contributed by atoms with E-state index in [2.05, 4.69) is 37.9 Å². The maximum atomic E-state index is 13.5. The predicted octanol–water partition coefficient (Wildman–Crippen LogP) is 4.54. The molecular formula is C25H23N7O2S. The van der Waals surface area contributed by atoms with Gasteiger partial charge in [-0.05, 0) is 49.1 Å². The molecule has 9 nitrogen and oxygen atoms in total. The van der Waals surface area contributed by atoms with Crippen molar-refractivity contribution < 1.29 is 8.42 Å². The van der Waals surface area contributed by atoms with Gasteiger partial charge in [-0.15, -0.1) is 0 Å². The number of fused-ring (bicyclic) bond motifs is 2. The van der Waals surface area contributed by atoms with Crippen molar-refractivity contribution in [1.29, 1.82) is 0 Å². The maximum Gasteiger partial charge on any atom is 0.269 e. The third-order valence-corrected chi connectivity index (χ3v) is 7.97. The Labute approximate surface area is 202 Å². The highest BCUT2D eigenvalue weighted by molar-refractivity contribution is 7.90. The number of aromatic amines is 1. The van der Waals surface area contributed by atoms with Gasteiger partial charge in [0.2, 0.25) is 5.95 Å². The number of hydrogen-bond donors (Lipinski definition) is 3. The van der Waals surface area contributed by atoms with E-state index in [1.807, 2.05) is 19.1 Å². The molecule has 0 saturated heterocycles. The van der Waals surface area contributed by atoms with Crippen molar-refractivity contribution in [3.8, 4) is 0 Å². The Bertz CT molecular complexity index is 1620. The highest BCUT2D eigenvalue weighted by Crippen LogP contribution is 2.36. The van der Waals surface area contributed by atoms with Crippen molar-refractivity contribution in [3.63, 3.8) is 0 Å². The summed E-state index contributed by atoms with van der Waals surface area (Å²) in [5.74, 6) is 0.840. The molecule has 1 atom stereocenters. The first kappa shape index (κ1) is 21.4. The number of H-pyrrole nitrogens is 1. The third kappa shape index (κ3) is 3.81. The van der Waals surface area contributed by atoms with Gasteiger partial charge in [0.05, 0.1) is 28.2 Å². The average molecular weight is 486 g/mol. The Morgan fingerprint density at radius 2 is 1.89 bits per heavy atom. The lowest BCUT2D eigenvalue weighted by molar-refractivity contribution is 0.589. The molecule has 5 aromatic rings. The van der Waals surface area contributed by atoms with E-state index in [1.54, 1.807) is 42.7 Å². The van der Waals surface area contributed by atoms with E-state index in [0.717, 1.165) is 18.4 Å². The highest BCUT2D eigenvalue weighted by Gasteiger charge is 2.26. The van der Waals surface area contributed by atoms with Crippen LogP contribution in [0, 0.1) is 6.92 Å². The van der Waals surface area contributed by atoms with E-state index in [4.69, 9.17) is 4.98 Å². The monoisotopic (exact) mass is 485 g/mol. The molecule has 0 radical (unpaired) electrons. The van der Waals surface area contributed by atoms with Crippen molar-refractivity contribution in [2.45, 2.75) is 30.7 Å². The summed E-state index contributed by atoms with van der Waals surface area (Å²) in [5.41, 5.74) is 4.49. The zero-order valence-corrected chi connectivity index (χ0v) is 19.7. The summed E-state index contributed by atoms with van der Waals surface area (Å²) < 4.78 is 28.2. The SMILES string of the molecule is Cc1ccc(S(=O)(=O)n2ccc3c(N[C@H]4CCc5ccccc54)nc(Nc4cn[nH]c4)nc32)cc1. The number of anilines is 3. The van der Waals surface area contributed by atoms with Gasteiger partial charge in [-0.1, -0.05) is 42.0 Å². The average Bonchev–Trinajstić information content (AvgIpc) is 3.60. The smallest absolute Gasteiger partial charge is 0.269 e. The first-order chi connectivity index (χ1) is 17.0. The number of benzene rings is 2. The lowest BCUT2D eigenvalue weighted by Crippen LogP contribution is -2.14. The number of aryl methyl sites for hydroxylation is 2. The van der Waals surface area contributed by atoms with Crippen LogP contribution in [0.3, 0.4) is 0 Å². The third-order valence-electron chi connectivity index (χ3n) is 6.29. The van der Waals surface area contributed by atoms with E-state index in [1.165, 1.54) is 21.3 Å². The minimum Gasteiger partial charge on any atom is -0.363 e. The van der Waals surface area contributed by atoms with Gasteiger partial charge in [0.1, 0.15) is 5.82 Å². The lowest BCUT2D eigenvalue weighted by atomic mass is 10.1. The Morgan fingerprint density at radius 1 is 1.06 bits per heavy atom. The van der Waals surface area contributed by atoms with Crippen molar-refractivity contribution in [2.24, 2.45) is 0 Å². The van der Waals surface area contributed by atoms with E-state index in [0.29, 0.717) is 22.5 Å². The Balaban J connectivity index is 1.47. The van der Waals surface area contributed by atoms with Crippen LogP contribution in [-0.4, -0.2) is 32.6 Å². The van der Waals surface area contributed by atoms with Gasteiger partial charge in [-0.25, -0.2) is 12.4 Å². The van der Waals surface area contributed by atoms with E-state index < -0.39 is 10.0 Å². The van der Waals surface area contributed by atoms with Gasteiger partial charge in [-0.2, -0.15) is 15.1 Å². The summed E-state index contributed by atoms with van der Waals surface area (Å²) >= 11 is 0. The summed E-state index contributed by atoms with van der Waals surface area (Å²) in [4.78, 5) is 9.48. The standard InChI is InChI=1S/C25H23N7O2S/c1-16-6-9-19(10-7-16)35(33,34)32-13-12-21-23(29-22-11-8-17-4-2-3-5-20(17)22)30-25(31-24(21)32)28-18-14-26-27-15-18/h2-7,9-10,12-15,22H,8,11H2,1H3,(H,26,27)(H2,28,29,30,31)/t22-/m0/s1. The van der Waals surface area contributed by atoms with Crippen LogP contribution in [0.4, 0.5) is 17.5 Å². The molecule has 3 N–H and O–H groups in total. The molecule has 0 fully saturated rings. The zero-order chi connectivity index (χ0) is 24.0. The molecule has 35 heavy (non-hydrogen) atoms. The molecule has 3 aromatic heterocycles. The van der Waals surface area contributed by atoms with Gasteiger partial charge in [-0.3, -0.25) is 5.10 Å². The minimum atomic E-state index is -3.86. The molecule has 3 heterocycles. The highest BCUT2D eigenvalue weighted by atomic mass is 32.2. The van der Waals surface area contributed by atoms with Crippen LogP contribution >= 0.6 is 0 Å². The van der Waals surface area contributed by atoms with E-state index >= 15 is 0 Å². The fourth-order valence-corrected chi connectivity index (χ4v) is 5.79. The van der Waals surface area contributed by atoms with Crippen LogP contribution in [0.25, 0.3) is 11.0 Å². The number of rotatable bonds is 6. The number of nitrogens with zero attached hydrogens (tertiary/aromatic N) is 4. The molecule has 0 aliphatic heterocycles. The van der Waals surface area contributed by atoms with Gasteiger partial charge in [0.25, 0.3) is 10.0 Å². The van der Waals surface area contributed by atoms with Crippen LogP contribution in [0.15, 0.2) is 78.1 Å². The topological polar surface area (TPSA) is 118 Å². The summed E-state index contributed by atoms with van der Waals surface area (Å²) in [6, 6.07) is 16.9. The summed E-state index contributed by atoms with van der Waals surface area (Å²) in [7, 11) is -3.86. The molecule has 0 bridgehead atoms. The summed E-state index contributed by atoms with van der Waals surface area (Å²) in [5, 5.41) is 14.0. The molecule has 0 unspecified atom stereocenters. The number of aromatic nitrogens is 5. The van der Waals surface area contributed by atoms with Crippen molar-refractivity contribution >= 4 is 38.5 Å². The van der Waals surface area contributed by atoms with Crippen molar-refractivity contribution in [3.05, 3.63) is 89.9 Å². The molecule has 1 aliphatic carbocycles. The Hall–Kier alpha value is -4.18. The van der Waals surface area contributed by atoms with E-state index in [9.17, 15) is 8.42 Å². The van der Waals surface area contributed by atoms with Gasteiger partial charge >= 0.3 is 0 Å². The summed E-state index contributed by atoms with van der Waals surface area (Å²) in [6.07, 6.45) is 6.72. The van der Waals surface area contributed by atoms with E-state index in [-0.39, 0.29) is 16.9 Å². The summed E-state index contributed by atoms with van der Waals surface area (Å²) in [6.45, 7) is 1.92. The molecule has 0 spiro atoms. The number of nitrogens with one attached hydrogen (secondary N) is 3. The Kier molecular flexibility index (Phi) is 5.03. The largest absolute Gasteiger partial charge is 0.363 e. The lowest BCUT2D eigenvalue weighted by Gasteiger charge is -2.17. The van der Waals surface area contributed by atoms with Crippen LogP contribution in [0.5, 0.6) is 0 Å². The molecule has 0 amide bonds. The molecule has 0 saturated carbocycles. The molecule has 6 rings (SSSR count). The van der Waals surface area contributed by atoms with Gasteiger partial charge in [0, 0.05) is 12.4 Å². The quantitative estimate of drug-likeness (QED) is 0.323.